The molecule has 1 amide bonds. The predicted octanol–water partition coefficient (Wildman–Crippen LogP) is 3.94. The lowest BCUT2D eigenvalue weighted by atomic mass is 10.1. The Morgan fingerprint density at radius 1 is 1.24 bits per heavy atom. The van der Waals surface area contributed by atoms with Gasteiger partial charge in [0.05, 0.1) is 5.56 Å². The average Bonchev–Trinajstić information content (AvgIpc) is 2.51. The van der Waals surface area contributed by atoms with Crippen LogP contribution in [0.25, 0.3) is 0 Å². The van der Waals surface area contributed by atoms with Crippen LogP contribution >= 0.6 is 15.9 Å². The zero-order valence-electron chi connectivity index (χ0n) is 11.5. The van der Waals surface area contributed by atoms with Gasteiger partial charge in [0.1, 0.15) is 12.4 Å². The molecule has 0 saturated carbocycles. The van der Waals surface area contributed by atoms with E-state index >= 15 is 0 Å². The highest BCUT2D eigenvalue weighted by molar-refractivity contribution is 9.10. The minimum Gasteiger partial charge on any atom is -0.489 e. The molecule has 2 rings (SSSR count). The number of ether oxygens (including phenoxy) is 1. The summed E-state index contributed by atoms with van der Waals surface area (Å²) in [5.74, 6) is 0.402. The van der Waals surface area contributed by atoms with E-state index in [0.717, 1.165) is 10.0 Å². The van der Waals surface area contributed by atoms with Crippen molar-refractivity contribution in [3.63, 3.8) is 0 Å². The number of carbonyl (C=O) groups excluding carboxylic acids is 1. The topological polar surface area (TPSA) is 38.3 Å². The second-order valence-corrected chi connectivity index (χ2v) is 5.32. The van der Waals surface area contributed by atoms with E-state index in [1.807, 2.05) is 36.4 Å². The fourth-order valence-electron chi connectivity index (χ4n) is 1.85. The second-order valence-electron chi connectivity index (χ2n) is 4.41. The Labute approximate surface area is 132 Å². The highest BCUT2D eigenvalue weighted by Gasteiger charge is 2.11. The van der Waals surface area contributed by atoms with Gasteiger partial charge < -0.3 is 10.1 Å². The van der Waals surface area contributed by atoms with Gasteiger partial charge in [0.15, 0.2) is 0 Å². The average molecular weight is 346 g/mol. The number of halogens is 1. The molecule has 0 fully saturated rings. The fourth-order valence-corrected chi connectivity index (χ4v) is 2.30. The molecule has 0 aliphatic heterocycles. The van der Waals surface area contributed by atoms with Crippen LogP contribution in [0.15, 0.2) is 65.7 Å². The van der Waals surface area contributed by atoms with Crippen molar-refractivity contribution in [1.82, 2.24) is 5.32 Å². The zero-order chi connectivity index (χ0) is 15.1. The van der Waals surface area contributed by atoms with E-state index in [9.17, 15) is 4.79 Å². The summed E-state index contributed by atoms with van der Waals surface area (Å²) in [6.45, 7) is 4.44. The van der Waals surface area contributed by atoms with Gasteiger partial charge in [0.2, 0.25) is 0 Å². The number of hydrogen-bond donors (Lipinski definition) is 1. The van der Waals surface area contributed by atoms with Gasteiger partial charge in [0, 0.05) is 11.0 Å². The van der Waals surface area contributed by atoms with E-state index in [1.54, 1.807) is 18.2 Å². The number of para-hydroxylation sites is 1. The molecule has 0 heterocycles. The van der Waals surface area contributed by atoms with E-state index in [0.29, 0.717) is 24.5 Å². The largest absolute Gasteiger partial charge is 0.489 e. The van der Waals surface area contributed by atoms with Crippen LogP contribution in [0.1, 0.15) is 15.9 Å². The number of benzene rings is 2. The summed E-state index contributed by atoms with van der Waals surface area (Å²) in [4.78, 5) is 12.3. The standard InChI is InChI=1S/C17H16BrNO2/c1-2-10-21-16-9-4-3-8-15(16)17(20)19-12-13-6-5-7-14(18)11-13/h2-9,11H,1,10,12H2,(H,19,20). The minimum absolute atomic E-state index is 0.158. The SMILES string of the molecule is C=CCOc1ccccc1C(=O)NCc1cccc(Br)c1. The first-order chi connectivity index (χ1) is 10.2. The predicted molar refractivity (Wildman–Crippen MR) is 87.4 cm³/mol. The molecule has 0 aromatic heterocycles. The lowest BCUT2D eigenvalue weighted by molar-refractivity contribution is 0.0947. The van der Waals surface area contributed by atoms with Crippen LogP contribution in [0.5, 0.6) is 5.75 Å². The third-order valence-corrected chi connectivity index (χ3v) is 3.32. The van der Waals surface area contributed by atoms with Crippen LogP contribution in [0.4, 0.5) is 0 Å². The lowest BCUT2D eigenvalue weighted by Gasteiger charge is -2.10. The number of rotatable bonds is 6. The molecule has 0 unspecified atom stereocenters. The Bertz CT molecular complexity index is 640. The van der Waals surface area contributed by atoms with Gasteiger partial charge in [-0.05, 0) is 29.8 Å². The fraction of sp³-hybridized carbons (Fsp3) is 0.118. The Kier molecular flexibility index (Phi) is 5.58. The quantitative estimate of drug-likeness (QED) is 0.805. The number of hydrogen-bond acceptors (Lipinski definition) is 2. The molecular formula is C17H16BrNO2. The summed E-state index contributed by atoms with van der Waals surface area (Å²) >= 11 is 3.41. The summed E-state index contributed by atoms with van der Waals surface area (Å²) in [6, 6.07) is 15.0. The molecule has 2 aromatic carbocycles. The maximum absolute atomic E-state index is 12.3. The van der Waals surface area contributed by atoms with E-state index in [-0.39, 0.29) is 5.91 Å². The summed E-state index contributed by atoms with van der Waals surface area (Å²) in [6.07, 6.45) is 1.65. The van der Waals surface area contributed by atoms with Gasteiger partial charge in [0.25, 0.3) is 5.91 Å². The normalized spacial score (nSPS) is 9.95. The van der Waals surface area contributed by atoms with Crippen molar-refractivity contribution < 1.29 is 9.53 Å². The first-order valence-electron chi connectivity index (χ1n) is 6.56. The van der Waals surface area contributed by atoms with Crippen molar-refractivity contribution in [1.29, 1.82) is 0 Å². The first kappa shape index (κ1) is 15.3. The van der Waals surface area contributed by atoms with Crippen LogP contribution in [0, 0.1) is 0 Å². The third-order valence-electron chi connectivity index (χ3n) is 2.83. The third kappa shape index (κ3) is 4.46. The summed E-state index contributed by atoms with van der Waals surface area (Å²) in [5, 5.41) is 2.89. The molecule has 0 bridgehead atoms. The lowest BCUT2D eigenvalue weighted by Crippen LogP contribution is -2.23. The maximum atomic E-state index is 12.3. The van der Waals surface area contributed by atoms with Gasteiger partial charge in [-0.1, -0.05) is 52.9 Å². The highest BCUT2D eigenvalue weighted by Crippen LogP contribution is 2.18. The molecular weight excluding hydrogens is 330 g/mol. The van der Waals surface area contributed by atoms with Gasteiger partial charge >= 0.3 is 0 Å². The van der Waals surface area contributed by atoms with Crippen molar-refractivity contribution in [3.8, 4) is 5.75 Å². The van der Waals surface area contributed by atoms with Crippen molar-refractivity contribution in [2.24, 2.45) is 0 Å². The van der Waals surface area contributed by atoms with Gasteiger partial charge in [-0.3, -0.25) is 4.79 Å². The molecule has 0 radical (unpaired) electrons. The van der Waals surface area contributed by atoms with Crippen LogP contribution in [0.2, 0.25) is 0 Å². The Morgan fingerprint density at radius 3 is 2.81 bits per heavy atom. The highest BCUT2D eigenvalue weighted by atomic mass is 79.9. The van der Waals surface area contributed by atoms with Crippen LogP contribution < -0.4 is 10.1 Å². The smallest absolute Gasteiger partial charge is 0.255 e. The molecule has 0 atom stereocenters. The molecule has 108 valence electrons. The summed E-state index contributed by atoms with van der Waals surface area (Å²) in [5.41, 5.74) is 1.55. The molecule has 0 spiro atoms. The monoisotopic (exact) mass is 345 g/mol. The molecule has 0 saturated heterocycles. The van der Waals surface area contributed by atoms with Gasteiger partial charge in [-0.25, -0.2) is 0 Å². The van der Waals surface area contributed by atoms with Crippen molar-refractivity contribution in [2.45, 2.75) is 6.54 Å². The zero-order valence-corrected chi connectivity index (χ0v) is 13.1. The molecule has 21 heavy (non-hydrogen) atoms. The van der Waals surface area contributed by atoms with E-state index in [1.165, 1.54) is 0 Å². The second kappa shape index (κ2) is 7.64. The van der Waals surface area contributed by atoms with Crippen LogP contribution in [0.3, 0.4) is 0 Å². The Morgan fingerprint density at radius 2 is 2.05 bits per heavy atom. The summed E-state index contributed by atoms with van der Waals surface area (Å²) in [7, 11) is 0. The molecule has 0 aliphatic carbocycles. The number of nitrogens with one attached hydrogen (secondary N) is 1. The van der Waals surface area contributed by atoms with Gasteiger partial charge in [-0.15, -0.1) is 0 Å². The molecule has 3 nitrogen and oxygen atoms in total. The van der Waals surface area contributed by atoms with E-state index < -0.39 is 0 Å². The van der Waals surface area contributed by atoms with Crippen molar-refractivity contribution in [3.05, 3.63) is 76.8 Å². The van der Waals surface area contributed by atoms with Crippen LogP contribution in [-0.2, 0) is 6.54 Å². The van der Waals surface area contributed by atoms with Crippen LogP contribution in [-0.4, -0.2) is 12.5 Å². The van der Waals surface area contributed by atoms with Gasteiger partial charge in [-0.2, -0.15) is 0 Å². The molecule has 2 aromatic rings. The summed E-state index contributed by atoms with van der Waals surface area (Å²) < 4.78 is 6.48. The first-order valence-corrected chi connectivity index (χ1v) is 7.35. The molecule has 0 aliphatic rings. The number of amides is 1. The minimum atomic E-state index is -0.158. The number of carbonyl (C=O) groups is 1. The Balaban J connectivity index is 2.04. The van der Waals surface area contributed by atoms with E-state index in [2.05, 4.69) is 27.8 Å². The molecule has 1 N–H and O–H groups in total. The maximum Gasteiger partial charge on any atom is 0.255 e. The van der Waals surface area contributed by atoms with Crippen molar-refractivity contribution >= 4 is 21.8 Å². The van der Waals surface area contributed by atoms with Crippen molar-refractivity contribution in [2.75, 3.05) is 6.61 Å². The Hall–Kier alpha value is -2.07. The molecule has 4 heteroatoms. The van der Waals surface area contributed by atoms with E-state index in [4.69, 9.17) is 4.74 Å².